The first-order chi connectivity index (χ1) is 22.3. The van der Waals surface area contributed by atoms with E-state index in [0.717, 1.165) is 32.1 Å². The fourth-order valence-electron chi connectivity index (χ4n) is 7.20. The van der Waals surface area contributed by atoms with Crippen LogP contribution in [-0.2, 0) is 28.7 Å². The molecular formula is C33H47N7O7. The van der Waals surface area contributed by atoms with Gasteiger partial charge in [0.2, 0.25) is 23.5 Å². The molecule has 2 aliphatic heterocycles. The summed E-state index contributed by atoms with van der Waals surface area (Å²) in [5.74, 6) is -3.33. The van der Waals surface area contributed by atoms with Gasteiger partial charge in [-0.05, 0) is 56.3 Å². The van der Waals surface area contributed by atoms with Gasteiger partial charge in [-0.15, -0.1) is 0 Å². The third-order valence-corrected chi connectivity index (χ3v) is 9.73. The van der Waals surface area contributed by atoms with E-state index in [4.69, 9.17) is 4.74 Å². The Balaban J connectivity index is 1.37. The van der Waals surface area contributed by atoms with Crippen molar-refractivity contribution in [1.29, 1.82) is 0 Å². The van der Waals surface area contributed by atoms with E-state index in [1.165, 1.54) is 23.5 Å². The van der Waals surface area contributed by atoms with E-state index in [1.807, 2.05) is 27.7 Å². The van der Waals surface area contributed by atoms with Crippen molar-refractivity contribution in [2.75, 3.05) is 13.3 Å². The molecule has 1 unspecified atom stereocenters. The van der Waals surface area contributed by atoms with Gasteiger partial charge in [0.1, 0.15) is 30.6 Å². The van der Waals surface area contributed by atoms with Crippen molar-refractivity contribution in [2.45, 2.75) is 116 Å². The zero-order chi connectivity index (χ0) is 34.0. The number of fused-ring (bicyclic) bond motifs is 1. The molecule has 0 spiro atoms. The molecule has 14 nitrogen and oxygen atoms in total. The standard InChI is InChI=1S/C33H47N7O7/c1-6-8-22(26(41)30(44)36-20-11-12-20)37-29(43)25-21-10-7-9-19(21)16-39(25)32(46)27(33(3,4)5)40-17-47-18(2)24(31(40)45)38-28(42)23-15-34-13-14-35-23/h13-15,18-22,24-25,27H,6-12,16-17H2,1-5H3,(H,36,44)(H,37,43)(H,38,42)/t18-,19+,21+,22?,24+,25+,27-/m1/s1. The van der Waals surface area contributed by atoms with Crippen LogP contribution in [0, 0.1) is 17.3 Å². The van der Waals surface area contributed by atoms with Crippen LogP contribution in [0.15, 0.2) is 18.6 Å². The molecule has 4 fully saturated rings. The van der Waals surface area contributed by atoms with Crippen LogP contribution in [0.3, 0.4) is 0 Å². The van der Waals surface area contributed by atoms with E-state index < -0.39 is 71.0 Å². The summed E-state index contributed by atoms with van der Waals surface area (Å²) in [4.78, 5) is 92.2. The number of likely N-dealkylation sites (tertiary alicyclic amines) is 1. The van der Waals surface area contributed by atoms with Gasteiger partial charge >= 0.3 is 0 Å². The summed E-state index contributed by atoms with van der Waals surface area (Å²) in [5, 5.41) is 8.25. The highest BCUT2D eigenvalue weighted by Crippen LogP contribution is 2.44. The van der Waals surface area contributed by atoms with Crippen molar-refractivity contribution in [3.8, 4) is 0 Å². The van der Waals surface area contributed by atoms with Crippen LogP contribution in [0.25, 0.3) is 0 Å². The van der Waals surface area contributed by atoms with Gasteiger partial charge in [0.25, 0.3) is 11.8 Å². The van der Waals surface area contributed by atoms with E-state index in [9.17, 15) is 28.8 Å². The number of carbonyl (C=O) groups is 6. The lowest BCUT2D eigenvalue weighted by Gasteiger charge is -2.46. The summed E-state index contributed by atoms with van der Waals surface area (Å²) in [6.07, 6.45) is 8.49. The van der Waals surface area contributed by atoms with Gasteiger partial charge in [0.05, 0.1) is 18.3 Å². The zero-order valence-corrected chi connectivity index (χ0v) is 27.9. The fourth-order valence-corrected chi connectivity index (χ4v) is 7.20. The van der Waals surface area contributed by atoms with Gasteiger partial charge in [-0.25, -0.2) is 4.98 Å². The van der Waals surface area contributed by atoms with Crippen LogP contribution in [0.1, 0.15) is 90.1 Å². The molecule has 0 aromatic carbocycles. The second-order valence-electron chi connectivity index (χ2n) is 14.4. The Bertz CT molecular complexity index is 1380. The average molecular weight is 654 g/mol. The Labute approximate surface area is 275 Å². The predicted molar refractivity (Wildman–Crippen MR) is 168 cm³/mol. The number of carbonyl (C=O) groups excluding carboxylic acids is 6. The van der Waals surface area contributed by atoms with E-state index in [0.29, 0.717) is 19.4 Å². The minimum Gasteiger partial charge on any atom is -0.355 e. The maximum absolute atomic E-state index is 14.7. The van der Waals surface area contributed by atoms with Crippen LogP contribution >= 0.6 is 0 Å². The first kappa shape index (κ1) is 34.4. The average Bonchev–Trinajstić information content (AvgIpc) is 3.59. The summed E-state index contributed by atoms with van der Waals surface area (Å²) in [5.41, 5.74) is -0.744. The Kier molecular flexibility index (Phi) is 10.3. The second kappa shape index (κ2) is 14.0. The van der Waals surface area contributed by atoms with E-state index in [1.54, 1.807) is 11.8 Å². The molecule has 14 heteroatoms. The van der Waals surface area contributed by atoms with E-state index in [-0.39, 0.29) is 30.3 Å². The van der Waals surface area contributed by atoms with Gasteiger partial charge in [0.15, 0.2) is 0 Å². The molecule has 2 saturated carbocycles. The molecule has 47 heavy (non-hydrogen) atoms. The molecule has 2 saturated heterocycles. The van der Waals surface area contributed by atoms with Crippen LogP contribution in [0.2, 0.25) is 0 Å². The summed E-state index contributed by atoms with van der Waals surface area (Å²) in [7, 11) is 0. The van der Waals surface area contributed by atoms with Crippen LogP contribution in [0.4, 0.5) is 0 Å². The number of Topliss-reactive ketones (excluding diaryl/α,β-unsaturated/α-hetero) is 1. The molecule has 3 heterocycles. The molecule has 5 rings (SSSR count). The monoisotopic (exact) mass is 653 g/mol. The van der Waals surface area contributed by atoms with E-state index in [2.05, 4.69) is 25.9 Å². The normalized spacial score (nSPS) is 27.1. The minimum absolute atomic E-state index is 0.00495. The molecule has 3 N–H and O–H groups in total. The zero-order valence-electron chi connectivity index (χ0n) is 27.9. The molecule has 1 aromatic heterocycles. The highest BCUT2D eigenvalue weighted by molar-refractivity contribution is 6.38. The lowest BCUT2D eigenvalue weighted by atomic mass is 9.83. The summed E-state index contributed by atoms with van der Waals surface area (Å²) < 4.78 is 5.94. The number of amides is 5. The lowest BCUT2D eigenvalue weighted by Crippen LogP contribution is -2.67. The molecule has 4 aliphatic rings. The predicted octanol–water partition coefficient (Wildman–Crippen LogP) is 0.954. The quantitative estimate of drug-likeness (QED) is 0.293. The second-order valence-corrected chi connectivity index (χ2v) is 14.4. The number of nitrogens with one attached hydrogen (secondary N) is 3. The molecule has 2 aliphatic carbocycles. The number of ether oxygens (including phenoxy) is 1. The molecule has 0 radical (unpaired) electrons. The third kappa shape index (κ3) is 7.47. The van der Waals surface area contributed by atoms with Crippen molar-refractivity contribution >= 4 is 35.3 Å². The Hall–Kier alpha value is -3.94. The minimum atomic E-state index is -1.09. The number of hydrogen-bond donors (Lipinski definition) is 3. The number of aromatic nitrogens is 2. The third-order valence-electron chi connectivity index (χ3n) is 9.73. The first-order valence-electron chi connectivity index (χ1n) is 16.8. The number of ketones is 1. The maximum Gasteiger partial charge on any atom is 0.289 e. The fraction of sp³-hybridized carbons (Fsp3) is 0.697. The maximum atomic E-state index is 14.7. The topological polar surface area (TPSA) is 180 Å². The molecule has 256 valence electrons. The van der Waals surface area contributed by atoms with Crippen LogP contribution in [0.5, 0.6) is 0 Å². The summed E-state index contributed by atoms with van der Waals surface area (Å²) in [6.45, 7) is 9.24. The molecule has 7 atom stereocenters. The van der Waals surface area contributed by atoms with Crippen molar-refractivity contribution in [3.05, 3.63) is 24.3 Å². The van der Waals surface area contributed by atoms with Crippen LogP contribution < -0.4 is 16.0 Å². The Morgan fingerprint density at radius 2 is 1.81 bits per heavy atom. The van der Waals surface area contributed by atoms with Gasteiger partial charge in [-0.2, -0.15) is 0 Å². The van der Waals surface area contributed by atoms with Crippen molar-refractivity contribution < 1.29 is 33.5 Å². The molecule has 0 bridgehead atoms. The van der Waals surface area contributed by atoms with Crippen LogP contribution in [-0.4, -0.2) is 105 Å². The molecule has 1 aromatic rings. The summed E-state index contributed by atoms with van der Waals surface area (Å²) in [6, 6.07) is -3.96. The smallest absolute Gasteiger partial charge is 0.289 e. The van der Waals surface area contributed by atoms with Gasteiger partial charge in [0, 0.05) is 25.0 Å². The SMILES string of the molecule is CCCC(NC(=O)[C@@H]1[C@H]2CCC[C@H]2CN1C(=O)[C@@H](N1CO[C@H](C)[C@H](NC(=O)c2cnccn2)C1=O)C(C)(C)C)C(=O)C(=O)NC1CC1. The van der Waals surface area contributed by atoms with Gasteiger partial charge in [-0.1, -0.05) is 40.5 Å². The van der Waals surface area contributed by atoms with Crippen molar-refractivity contribution in [3.63, 3.8) is 0 Å². The Morgan fingerprint density at radius 1 is 1.06 bits per heavy atom. The molecular weight excluding hydrogens is 606 g/mol. The van der Waals surface area contributed by atoms with Crippen molar-refractivity contribution in [1.82, 2.24) is 35.7 Å². The highest BCUT2D eigenvalue weighted by atomic mass is 16.5. The highest BCUT2D eigenvalue weighted by Gasteiger charge is 2.54. The van der Waals surface area contributed by atoms with E-state index >= 15 is 0 Å². The Morgan fingerprint density at radius 3 is 2.45 bits per heavy atom. The number of hydrogen-bond acceptors (Lipinski definition) is 9. The summed E-state index contributed by atoms with van der Waals surface area (Å²) >= 11 is 0. The lowest BCUT2D eigenvalue weighted by molar-refractivity contribution is -0.174. The molecule has 5 amide bonds. The van der Waals surface area contributed by atoms with Gasteiger partial charge in [-0.3, -0.25) is 33.8 Å². The van der Waals surface area contributed by atoms with Gasteiger partial charge < -0.3 is 30.5 Å². The van der Waals surface area contributed by atoms with Crippen molar-refractivity contribution in [2.24, 2.45) is 17.3 Å². The number of nitrogens with zero attached hydrogens (tertiary/aromatic N) is 4. The largest absolute Gasteiger partial charge is 0.355 e. The first-order valence-corrected chi connectivity index (χ1v) is 16.8. The number of rotatable bonds is 11.